The van der Waals surface area contributed by atoms with E-state index >= 15 is 0 Å². The Morgan fingerprint density at radius 1 is 0.573 bits per heavy atom. The molecule has 0 aromatic heterocycles. The first-order valence-corrected chi connectivity index (χ1v) is 28.0. The molecule has 0 radical (unpaired) electrons. The van der Waals surface area contributed by atoms with E-state index in [0.717, 1.165) is 91.0 Å². The maximum Gasteiger partial charge on any atom is 0.339 e. The number of esters is 4. The van der Waals surface area contributed by atoms with Crippen LogP contribution >= 0.6 is 0 Å². The Bertz CT molecular complexity index is 2630. The van der Waals surface area contributed by atoms with Crippen molar-refractivity contribution in [1.82, 2.24) is 0 Å². The quantitative estimate of drug-likeness (QED) is 0.0203. The molecule has 0 atom stereocenters. The highest BCUT2D eigenvalue weighted by atomic mass is 16.6. The molecule has 0 bridgehead atoms. The van der Waals surface area contributed by atoms with Crippen LogP contribution in [0.1, 0.15) is 186 Å². The predicted molar refractivity (Wildman–Crippen MR) is 296 cm³/mol. The van der Waals surface area contributed by atoms with Crippen LogP contribution in [-0.2, 0) is 28.6 Å². The van der Waals surface area contributed by atoms with E-state index in [-0.39, 0.29) is 29.7 Å². The molecule has 0 aliphatic heterocycles. The molecule has 0 saturated heterocycles. The molecule has 0 heterocycles. The van der Waals surface area contributed by atoms with Gasteiger partial charge in [-0.2, -0.15) is 0 Å². The second-order valence-electron chi connectivity index (χ2n) is 21.0. The van der Waals surface area contributed by atoms with Gasteiger partial charge in [-0.25, -0.2) is 9.59 Å². The SMILES string of the molecule is C#Cc1ccc(C#Cc2ccc(C#CC3(OC(=O)c4ccc(OC(=O)C5CCC(C(=O)OCCCCCCCCOC(=O)/C=C/c6ccccc6)CC5)cc4)CCC(C4CCC(CCCCC)CC4)CC3)cc2)cc1. The zero-order valence-corrected chi connectivity index (χ0v) is 44.2. The van der Waals surface area contributed by atoms with Crippen molar-refractivity contribution < 1.29 is 38.1 Å². The van der Waals surface area contributed by atoms with Gasteiger partial charge in [-0.05, 0) is 185 Å². The van der Waals surface area contributed by atoms with Crippen LogP contribution in [0.15, 0.2) is 109 Å². The third kappa shape index (κ3) is 18.5. The first-order chi connectivity index (χ1) is 36.7. The highest BCUT2D eigenvalue weighted by molar-refractivity contribution is 5.90. The molecular weight excluding hydrogens is 933 g/mol. The number of hydrogen-bond acceptors (Lipinski definition) is 8. The molecular formula is C67H76O8. The van der Waals surface area contributed by atoms with Crippen LogP contribution in [0.4, 0.5) is 0 Å². The van der Waals surface area contributed by atoms with Crippen LogP contribution in [-0.4, -0.2) is 42.7 Å². The van der Waals surface area contributed by atoms with Crippen molar-refractivity contribution in [2.24, 2.45) is 29.6 Å². The minimum absolute atomic E-state index is 0.191. The smallest absolute Gasteiger partial charge is 0.339 e. The Kier molecular flexibility index (Phi) is 22.3. The highest BCUT2D eigenvalue weighted by Gasteiger charge is 2.41. The average Bonchev–Trinajstić information content (AvgIpc) is 3.45. The molecule has 0 amide bonds. The van der Waals surface area contributed by atoms with Crippen LogP contribution in [0.2, 0.25) is 0 Å². The normalized spacial score (nSPS) is 21.3. The summed E-state index contributed by atoms with van der Waals surface area (Å²) in [6.45, 7) is 3.07. The van der Waals surface area contributed by atoms with Crippen LogP contribution in [0, 0.1) is 65.6 Å². The fourth-order valence-corrected chi connectivity index (χ4v) is 10.9. The molecule has 3 aliphatic carbocycles. The topological polar surface area (TPSA) is 105 Å². The summed E-state index contributed by atoms with van der Waals surface area (Å²) in [5.41, 5.74) is 3.81. The summed E-state index contributed by atoms with van der Waals surface area (Å²) in [7, 11) is 0. The van der Waals surface area contributed by atoms with Crippen LogP contribution in [0.3, 0.4) is 0 Å². The van der Waals surface area contributed by atoms with E-state index in [1.54, 1.807) is 30.3 Å². The zero-order valence-electron chi connectivity index (χ0n) is 44.2. The van der Waals surface area contributed by atoms with Gasteiger partial charge in [0.15, 0.2) is 5.60 Å². The first-order valence-electron chi connectivity index (χ1n) is 28.0. The molecule has 8 heteroatoms. The molecule has 0 spiro atoms. The number of terminal acetylenes is 1. The number of ether oxygens (including phenoxy) is 4. The van der Waals surface area contributed by atoms with Gasteiger partial charge in [0.1, 0.15) is 5.75 Å². The Labute approximate surface area is 447 Å². The van der Waals surface area contributed by atoms with Crippen molar-refractivity contribution in [2.45, 2.75) is 154 Å². The lowest BCUT2D eigenvalue weighted by atomic mass is 9.67. The summed E-state index contributed by atoms with van der Waals surface area (Å²) in [4.78, 5) is 52.0. The minimum Gasteiger partial charge on any atom is -0.465 e. The van der Waals surface area contributed by atoms with Gasteiger partial charge in [-0.15, -0.1) is 6.42 Å². The molecule has 392 valence electrons. The van der Waals surface area contributed by atoms with Crippen LogP contribution in [0.5, 0.6) is 5.75 Å². The van der Waals surface area contributed by atoms with E-state index < -0.39 is 11.6 Å². The fraction of sp³-hybridized carbons (Fsp3) is 0.463. The fourth-order valence-electron chi connectivity index (χ4n) is 10.9. The summed E-state index contributed by atoms with van der Waals surface area (Å²) in [6, 6.07) is 31.7. The largest absolute Gasteiger partial charge is 0.465 e. The zero-order chi connectivity index (χ0) is 52.5. The molecule has 3 saturated carbocycles. The van der Waals surface area contributed by atoms with E-state index in [2.05, 4.69) is 36.5 Å². The van der Waals surface area contributed by atoms with Gasteiger partial charge in [-0.1, -0.05) is 125 Å². The van der Waals surface area contributed by atoms with E-state index in [9.17, 15) is 19.2 Å². The van der Waals surface area contributed by atoms with Gasteiger partial charge in [0.05, 0.1) is 30.6 Å². The third-order valence-electron chi connectivity index (χ3n) is 15.6. The number of unbranched alkanes of at least 4 members (excludes halogenated alkanes) is 7. The summed E-state index contributed by atoms with van der Waals surface area (Å²) >= 11 is 0. The lowest BCUT2D eigenvalue weighted by molar-refractivity contribution is -0.152. The standard InChI is InChI=1S/C67H76O8/c1-3-5-11-16-53-29-32-57(33-30-53)58-44-47-67(48-45-58,46-43-56-27-25-55(26-28-56)24-23-54-21-19-51(4-2)20-22-54)75-66(71)61-38-40-62(41-39-61)74-65(70)60-36-34-59(35-37-60)64(69)73-50-15-9-7-6-8-14-49-72-63(68)42-31-52-17-12-10-13-18-52/h2,10,12-13,17-22,25-28,31,38-42,53,57-60H,3,5-9,11,14-16,29-30,32-37,44-45,47-50H2,1H3/b42-31+. The van der Waals surface area contributed by atoms with Gasteiger partial charge in [0.25, 0.3) is 0 Å². The summed E-state index contributed by atoms with van der Waals surface area (Å²) in [5, 5.41) is 0. The molecule has 0 N–H and O–H groups in total. The molecule has 0 unspecified atom stereocenters. The number of carbonyl (C=O) groups excluding carboxylic acids is 4. The maximum atomic E-state index is 13.9. The summed E-state index contributed by atoms with van der Waals surface area (Å²) < 4.78 is 23.2. The van der Waals surface area contributed by atoms with Gasteiger partial charge in [0.2, 0.25) is 0 Å². The Morgan fingerprint density at radius 2 is 1.12 bits per heavy atom. The van der Waals surface area contributed by atoms with E-state index in [0.29, 0.717) is 69.0 Å². The molecule has 75 heavy (non-hydrogen) atoms. The van der Waals surface area contributed by atoms with Crippen molar-refractivity contribution in [3.8, 4) is 41.8 Å². The summed E-state index contributed by atoms with van der Waals surface area (Å²) in [5.74, 6) is 16.6. The molecule has 3 aliphatic rings. The van der Waals surface area contributed by atoms with Gasteiger partial charge >= 0.3 is 23.9 Å². The van der Waals surface area contributed by atoms with Gasteiger partial charge in [0, 0.05) is 28.3 Å². The lowest BCUT2D eigenvalue weighted by Crippen LogP contribution is -2.39. The highest BCUT2D eigenvalue weighted by Crippen LogP contribution is 2.45. The Hall–Kier alpha value is -6.82. The Balaban J connectivity index is 0.834. The second kappa shape index (κ2) is 29.9. The van der Waals surface area contributed by atoms with Crippen molar-refractivity contribution in [3.63, 3.8) is 0 Å². The van der Waals surface area contributed by atoms with Crippen molar-refractivity contribution in [3.05, 3.63) is 143 Å². The minimum atomic E-state index is -0.923. The van der Waals surface area contributed by atoms with E-state index in [1.807, 2.05) is 78.9 Å². The molecule has 7 rings (SSSR count). The third-order valence-corrected chi connectivity index (χ3v) is 15.6. The van der Waals surface area contributed by atoms with Crippen molar-refractivity contribution >= 4 is 30.0 Å². The molecule has 4 aromatic carbocycles. The van der Waals surface area contributed by atoms with E-state index in [4.69, 9.17) is 25.4 Å². The summed E-state index contributed by atoms with van der Waals surface area (Å²) in [6.07, 6.45) is 30.4. The van der Waals surface area contributed by atoms with Crippen molar-refractivity contribution in [1.29, 1.82) is 0 Å². The maximum absolute atomic E-state index is 13.9. The van der Waals surface area contributed by atoms with Crippen LogP contribution in [0.25, 0.3) is 6.08 Å². The molecule has 8 nitrogen and oxygen atoms in total. The van der Waals surface area contributed by atoms with Crippen LogP contribution < -0.4 is 4.74 Å². The molecule has 4 aromatic rings. The average molecular weight is 1010 g/mol. The number of rotatable bonds is 21. The number of hydrogen-bond donors (Lipinski definition) is 0. The Morgan fingerprint density at radius 3 is 1.72 bits per heavy atom. The van der Waals surface area contributed by atoms with Gasteiger partial charge in [-0.3, -0.25) is 9.59 Å². The van der Waals surface area contributed by atoms with Gasteiger partial charge < -0.3 is 18.9 Å². The second-order valence-corrected chi connectivity index (χ2v) is 21.0. The first kappa shape index (κ1) is 55.9. The van der Waals surface area contributed by atoms with E-state index in [1.165, 1.54) is 57.4 Å². The number of benzene rings is 4. The predicted octanol–water partition coefficient (Wildman–Crippen LogP) is 14.4. The monoisotopic (exact) mass is 1010 g/mol. The van der Waals surface area contributed by atoms with Crippen molar-refractivity contribution in [2.75, 3.05) is 13.2 Å². The number of carbonyl (C=O) groups is 4. The lowest BCUT2D eigenvalue weighted by Gasteiger charge is -2.41. The molecule has 3 fully saturated rings.